The molecule has 2 aromatic rings. The van der Waals surface area contributed by atoms with E-state index >= 15 is 0 Å². The first-order chi connectivity index (χ1) is 10.1. The van der Waals surface area contributed by atoms with Gasteiger partial charge in [-0.3, -0.25) is 4.68 Å². The number of fused-ring (bicyclic) bond motifs is 1. The van der Waals surface area contributed by atoms with Crippen molar-refractivity contribution in [2.45, 2.75) is 64.3 Å². The van der Waals surface area contributed by atoms with Crippen LogP contribution < -0.4 is 0 Å². The SMILES string of the molecule is CCCc1nn(C)c2c1nc(C(C)Cl)n2CCCC1CC1. The fourth-order valence-corrected chi connectivity index (χ4v) is 3.30. The molecule has 1 saturated carbocycles. The van der Waals surface area contributed by atoms with Crippen LogP contribution in [0.15, 0.2) is 0 Å². The summed E-state index contributed by atoms with van der Waals surface area (Å²) in [4.78, 5) is 4.81. The Kier molecular flexibility index (Phi) is 4.25. The number of aryl methyl sites for hydroxylation is 3. The van der Waals surface area contributed by atoms with Crippen molar-refractivity contribution in [1.82, 2.24) is 19.3 Å². The number of nitrogens with zero attached hydrogens (tertiary/aromatic N) is 4. The molecule has 0 saturated heterocycles. The van der Waals surface area contributed by atoms with Gasteiger partial charge in [0.25, 0.3) is 0 Å². The maximum atomic E-state index is 6.36. The predicted molar refractivity (Wildman–Crippen MR) is 86.7 cm³/mol. The zero-order valence-electron chi connectivity index (χ0n) is 13.3. The lowest BCUT2D eigenvalue weighted by Crippen LogP contribution is -2.08. The van der Waals surface area contributed by atoms with E-state index < -0.39 is 0 Å². The Hall–Kier alpha value is -1.03. The van der Waals surface area contributed by atoms with Gasteiger partial charge in [-0.1, -0.05) is 26.2 Å². The molecule has 1 aliphatic carbocycles. The van der Waals surface area contributed by atoms with Gasteiger partial charge < -0.3 is 4.57 Å². The molecule has 1 atom stereocenters. The molecule has 1 unspecified atom stereocenters. The van der Waals surface area contributed by atoms with Crippen molar-refractivity contribution in [3.63, 3.8) is 0 Å². The van der Waals surface area contributed by atoms with E-state index in [4.69, 9.17) is 16.6 Å². The van der Waals surface area contributed by atoms with Crippen LogP contribution in [-0.4, -0.2) is 19.3 Å². The van der Waals surface area contributed by atoms with E-state index in [1.807, 2.05) is 18.7 Å². The Morgan fingerprint density at radius 1 is 1.38 bits per heavy atom. The van der Waals surface area contributed by atoms with E-state index in [-0.39, 0.29) is 5.38 Å². The molecule has 21 heavy (non-hydrogen) atoms. The molecule has 0 bridgehead atoms. The summed E-state index contributed by atoms with van der Waals surface area (Å²) >= 11 is 6.36. The Balaban J connectivity index is 1.94. The van der Waals surface area contributed by atoms with E-state index in [0.29, 0.717) is 0 Å². The quantitative estimate of drug-likeness (QED) is 0.718. The highest BCUT2D eigenvalue weighted by Crippen LogP contribution is 2.34. The molecule has 0 N–H and O–H groups in total. The molecule has 0 radical (unpaired) electrons. The zero-order valence-corrected chi connectivity index (χ0v) is 14.0. The van der Waals surface area contributed by atoms with Gasteiger partial charge in [-0.25, -0.2) is 4.98 Å². The first kappa shape index (κ1) is 14.9. The summed E-state index contributed by atoms with van der Waals surface area (Å²) in [5.74, 6) is 1.97. The van der Waals surface area contributed by atoms with Crippen LogP contribution in [0.3, 0.4) is 0 Å². The highest BCUT2D eigenvalue weighted by molar-refractivity contribution is 6.20. The van der Waals surface area contributed by atoms with Crippen LogP contribution >= 0.6 is 11.6 Å². The lowest BCUT2D eigenvalue weighted by molar-refractivity contribution is 0.558. The van der Waals surface area contributed by atoms with Crippen molar-refractivity contribution >= 4 is 22.8 Å². The second kappa shape index (κ2) is 5.99. The Labute approximate surface area is 131 Å². The largest absolute Gasteiger partial charge is 0.312 e. The van der Waals surface area contributed by atoms with Crippen LogP contribution in [0.5, 0.6) is 0 Å². The molecule has 0 aliphatic heterocycles. The third-order valence-electron chi connectivity index (χ3n) is 4.35. The van der Waals surface area contributed by atoms with Gasteiger partial charge in [0.2, 0.25) is 0 Å². The average molecular weight is 309 g/mol. The number of rotatable bonds is 7. The molecule has 4 nitrogen and oxygen atoms in total. The van der Waals surface area contributed by atoms with Gasteiger partial charge >= 0.3 is 0 Å². The molecule has 116 valence electrons. The molecule has 0 spiro atoms. The summed E-state index contributed by atoms with van der Waals surface area (Å²) in [5.41, 5.74) is 3.29. The summed E-state index contributed by atoms with van der Waals surface area (Å²) in [7, 11) is 2.02. The number of hydrogen-bond donors (Lipinski definition) is 0. The first-order valence-electron chi connectivity index (χ1n) is 8.17. The summed E-state index contributed by atoms with van der Waals surface area (Å²) in [6.07, 6.45) is 7.45. The second-order valence-corrected chi connectivity index (χ2v) is 6.97. The third kappa shape index (κ3) is 2.96. The summed E-state index contributed by atoms with van der Waals surface area (Å²) in [5, 5.41) is 4.58. The van der Waals surface area contributed by atoms with Crippen molar-refractivity contribution in [3.8, 4) is 0 Å². The van der Waals surface area contributed by atoms with Crippen LogP contribution in [0.1, 0.15) is 62.8 Å². The fourth-order valence-electron chi connectivity index (χ4n) is 3.13. The standard InChI is InChI=1S/C16H25ClN4/c1-4-6-13-14-16(20(3)19-13)21(15(18-14)11(2)17)10-5-7-12-8-9-12/h11-12H,4-10H2,1-3H3. The van der Waals surface area contributed by atoms with E-state index in [0.717, 1.165) is 48.0 Å². The number of imidazole rings is 1. The molecular weight excluding hydrogens is 284 g/mol. The maximum absolute atomic E-state index is 6.36. The molecular formula is C16H25ClN4. The Morgan fingerprint density at radius 3 is 2.76 bits per heavy atom. The second-order valence-electron chi connectivity index (χ2n) is 6.32. The summed E-state index contributed by atoms with van der Waals surface area (Å²) in [6, 6.07) is 0. The minimum absolute atomic E-state index is 0.0622. The normalized spacial score (nSPS) is 16.8. The molecule has 3 rings (SSSR count). The minimum Gasteiger partial charge on any atom is -0.312 e. The van der Waals surface area contributed by atoms with Crippen LogP contribution in [0.4, 0.5) is 0 Å². The first-order valence-corrected chi connectivity index (χ1v) is 8.61. The highest BCUT2D eigenvalue weighted by atomic mass is 35.5. The van der Waals surface area contributed by atoms with Crippen LogP contribution in [0, 0.1) is 5.92 Å². The highest BCUT2D eigenvalue weighted by Gasteiger charge is 2.23. The fraction of sp³-hybridized carbons (Fsp3) is 0.750. The Morgan fingerprint density at radius 2 is 2.14 bits per heavy atom. The van der Waals surface area contributed by atoms with Gasteiger partial charge in [-0.05, 0) is 32.1 Å². The van der Waals surface area contributed by atoms with E-state index in [2.05, 4.69) is 16.6 Å². The molecule has 5 heteroatoms. The van der Waals surface area contributed by atoms with Crippen molar-refractivity contribution in [2.24, 2.45) is 13.0 Å². The van der Waals surface area contributed by atoms with Crippen molar-refractivity contribution in [2.75, 3.05) is 0 Å². The summed E-state index contributed by atoms with van der Waals surface area (Å²) in [6.45, 7) is 5.19. The zero-order chi connectivity index (χ0) is 15.0. The molecule has 0 amide bonds. The van der Waals surface area contributed by atoms with Crippen LogP contribution in [-0.2, 0) is 20.0 Å². The molecule has 0 aromatic carbocycles. The van der Waals surface area contributed by atoms with Gasteiger partial charge in [-0.15, -0.1) is 11.6 Å². The van der Waals surface area contributed by atoms with Gasteiger partial charge in [0, 0.05) is 13.6 Å². The van der Waals surface area contributed by atoms with Crippen LogP contribution in [0.25, 0.3) is 11.2 Å². The van der Waals surface area contributed by atoms with Crippen molar-refractivity contribution in [1.29, 1.82) is 0 Å². The molecule has 2 aromatic heterocycles. The lowest BCUT2D eigenvalue weighted by atomic mass is 10.2. The smallest absolute Gasteiger partial charge is 0.158 e. The van der Waals surface area contributed by atoms with Gasteiger partial charge in [-0.2, -0.15) is 5.10 Å². The number of hydrogen-bond acceptors (Lipinski definition) is 2. The number of aromatic nitrogens is 4. The van der Waals surface area contributed by atoms with Gasteiger partial charge in [0.05, 0.1) is 11.1 Å². The van der Waals surface area contributed by atoms with Crippen molar-refractivity contribution < 1.29 is 0 Å². The number of alkyl halides is 1. The van der Waals surface area contributed by atoms with Crippen LogP contribution in [0.2, 0.25) is 0 Å². The topological polar surface area (TPSA) is 35.6 Å². The molecule has 1 fully saturated rings. The lowest BCUT2D eigenvalue weighted by Gasteiger charge is -2.10. The number of halogens is 1. The van der Waals surface area contributed by atoms with Crippen molar-refractivity contribution in [3.05, 3.63) is 11.5 Å². The monoisotopic (exact) mass is 308 g/mol. The minimum atomic E-state index is -0.0622. The van der Waals surface area contributed by atoms with E-state index in [9.17, 15) is 0 Å². The van der Waals surface area contributed by atoms with E-state index in [1.54, 1.807) is 0 Å². The average Bonchev–Trinajstić information content (AvgIpc) is 3.09. The summed E-state index contributed by atoms with van der Waals surface area (Å²) < 4.78 is 4.27. The maximum Gasteiger partial charge on any atom is 0.158 e. The molecule has 2 heterocycles. The van der Waals surface area contributed by atoms with Gasteiger partial charge in [0.1, 0.15) is 11.3 Å². The molecule has 1 aliphatic rings. The predicted octanol–water partition coefficient (Wildman–Crippen LogP) is 4.21. The van der Waals surface area contributed by atoms with Gasteiger partial charge in [0.15, 0.2) is 5.65 Å². The third-order valence-corrected chi connectivity index (χ3v) is 4.55. The van der Waals surface area contributed by atoms with E-state index in [1.165, 1.54) is 25.7 Å². The Bertz CT molecular complexity index is 622.